The molecule has 1 aliphatic heterocycles. The summed E-state index contributed by atoms with van der Waals surface area (Å²) >= 11 is 0. The minimum absolute atomic E-state index is 0.115. The molecular weight excluding hydrogens is 256 g/mol. The molecule has 0 radical (unpaired) electrons. The van der Waals surface area contributed by atoms with E-state index in [0.29, 0.717) is 23.3 Å². The Hall–Kier alpha value is -1.84. The summed E-state index contributed by atoms with van der Waals surface area (Å²) in [5.74, 6) is 0.239. The van der Waals surface area contributed by atoms with Gasteiger partial charge in [0.15, 0.2) is 5.78 Å². The maximum absolute atomic E-state index is 12.3. The SMILES string of the molecule is COC(=O)c1ccc2c(c1)OC1(CCCCC1)CC2=O. The Morgan fingerprint density at radius 2 is 2.00 bits per heavy atom. The van der Waals surface area contributed by atoms with Crippen molar-refractivity contribution in [3.05, 3.63) is 29.3 Å². The quantitative estimate of drug-likeness (QED) is 0.738. The van der Waals surface area contributed by atoms with E-state index in [-0.39, 0.29) is 11.4 Å². The first kappa shape index (κ1) is 13.2. The molecule has 1 fully saturated rings. The summed E-state index contributed by atoms with van der Waals surface area (Å²) < 4.78 is 10.8. The van der Waals surface area contributed by atoms with Gasteiger partial charge in [0.05, 0.1) is 24.7 Å². The van der Waals surface area contributed by atoms with Crippen molar-refractivity contribution in [1.29, 1.82) is 0 Å². The lowest BCUT2D eigenvalue weighted by molar-refractivity contribution is 0.0134. The lowest BCUT2D eigenvalue weighted by Gasteiger charge is -2.40. The standard InChI is InChI=1S/C16H18O4/c1-19-15(18)11-5-6-12-13(17)10-16(20-14(12)9-11)7-3-2-4-8-16/h5-6,9H,2-4,7-8,10H2,1H3. The Labute approximate surface area is 118 Å². The number of rotatable bonds is 1. The number of hydrogen-bond acceptors (Lipinski definition) is 4. The fraction of sp³-hybridized carbons (Fsp3) is 0.500. The number of hydrogen-bond donors (Lipinski definition) is 0. The highest BCUT2D eigenvalue weighted by atomic mass is 16.5. The van der Waals surface area contributed by atoms with Crippen molar-refractivity contribution in [2.45, 2.75) is 44.1 Å². The number of carbonyl (C=O) groups excluding carboxylic acids is 2. The molecular formula is C16H18O4. The Bertz CT molecular complexity index is 556. The fourth-order valence-corrected chi connectivity index (χ4v) is 3.21. The van der Waals surface area contributed by atoms with Gasteiger partial charge in [-0.25, -0.2) is 4.79 Å². The molecule has 1 aromatic rings. The summed E-state index contributed by atoms with van der Waals surface area (Å²) in [5, 5.41) is 0. The van der Waals surface area contributed by atoms with Crippen LogP contribution in [0.15, 0.2) is 18.2 Å². The third-order valence-electron chi connectivity index (χ3n) is 4.28. The van der Waals surface area contributed by atoms with Crippen LogP contribution in [0.2, 0.25) is 0 Å². The van der Waals surface area contributed by atoms with Crippen LogP contribution in [0, 0.1) is 0 Å². The molecule has 0 N–H and O–H groups in total. The summed E-state index contributed by atoms with van der Waals surface area (Å²) in [6.07, 6.45) is 5.69. The zero-order valence-corrected chi connectivity index (χ0v) is 11.6. The van der Waals surface area contributed by atoms with E-state index in [1.54, 1.807) is 18.2 Å². The van der Waals surface area contributed by atoms with E-state index in [1.165, 1.54) is 13.5 Å². The third-order valence-corrected chi connectivity index (χ3v) is 4.28. The maximum atomic E-state index is 12.3. The molecule has 0 aromatic heterocycles. The summed E-state index contributed by atoms with van der Waals surface area (Å²) in [6, 6.07) is 4.92. The number of ether oxygens (including phenoxy) is 2. The van der Waals surface area contributed by atoms with Crippen molar-refractivity contribution in [2.75, 3.05) is 7.11 Å². The zero-order chi connectivity index (χ0) is 14.2. The Morgan fingerprint density at radius 1 is 1.25 bits per heavy atom. The Kier molecular flexibility index (Phi) is 3.24. The summed E-state index contributed by atoms with van der Waals surface area (Å²) in [6.45, 7) is 0. The van der Waals surface area contributed by atoms with Crippen LogP contribution in [0.5, 0.6) is 5.75 Å². The first-order valence-corrected chi connectivity index (χ1v) is 7.08. The molecule has 2 aliphatic rings. The van der Waals surface area contributed by atoms with Gasteiger partial charge in [0.1, 0.15) is 11.4 Å². The Morgan fingerprint density at radius 3 is 2.70 bits per heavy atom. The minimum Gasteiger partial charge on any atom is -0.486 e. The minimum atomic E-state index is -0.410. The average molecular weight is 274 g/mol. The zero-order valence-electron chi connectivity index (χ0n) is 11.6. The van der Waals surface area contributed by atoms with Crippen LogP contribution in [0.1, 0.15) is 59.2 Å². The van der Waals surface area contributed by atoms with Crippen LogP contribution in [0.4, 0.5) is 0 Å². The van der Waals surface area contributed by atoms with Crippen LogP contribution >= 0.6 is 0 Å². The van der Waals surface area contributed by atoms with Gasteiger partial charge < -0.3 is 9.47 Å². The van der Waals surface area contributed by atoms with E-state index >= 15 is 0 Å². The number of esters is 1. The molecule has 1 spiro atoms. The molecule has 4 nitrogen and oxygen atoms in total. The highest BCUT2D eigenvalue weighted by molar-refractivity contribution is 6.01. The van der Waals surface area contributed by atoms with Gasteiger partial charge in [-0.3, -0.25) is 4.79 Å². The van der Waals surface area contributed by atoms with Crippen molar-refractivity contribution < 1.29 is 19.1 Å². The molecule has 0 atom stereocenters. The number of methoxy groups -OCH3 is 1. The molecule has 0 saturated heterocycles. The summed E-state index contributed by atoms with van der Waals surface area (Å²) in [7, 11) is 1.34. The molecule has 0 unspecified atom stereocenters. The van der Waals surface area contributed by atoms with Crippen molar-refractivity contribution in [3.8, 4) is 5.75 Å². The van der Waals surface area contributed by atoms with Gasteiger partial charge in [0.25, 0.3) is 0 Å². The molecule has 0 amide bonds. The molecule has 4 heteroatoms. The molecule has 1 heterocycles. The average Bonchev–Trinajstić information content (AvgIpc) is 2.46. The second kappa shape index (κ2) is 4.93. The van der Waals surface area contributed by atoms with Crippen LogP contribution in [-0.4, -0.2) is 24.5 Å². The van der Waals surface area contributed by atoms with E-state index in [1.807, 2.05) is 0 Å². The van der Waals surface area contributed by atoms with Gasteiger partial charge in [-0.15, -0.1) is 0 Å². The van der Waals surface area contributed by atoms with Gasteiger partial charge >= 0.3 is 5.97 Å². The third kappa shape index (κ3) is 2.19. The highest BCUT2D eigenvalue weighted by Crippen LogP contribution is 2.42. The van der Waals surface area contributed by atoms with E-state index in [4.69, 9.17) is 9.47 Å². The summed E-state index contributed by atoms with van der Waals surface area (Å²) in [5.41, 5.74) is 0.651. The van der Waals surface area contributed by atoms with E-state index in [2.05, 4.69) is 0 Å². The number of benzene rings is 1. The monoisotopic (exact) mass is 274 g/mol. The van der Waals surface area contributed by atoms with Crippen LogP contribution in [0.25, 0.3) is 0 Å². The van der Waals surface area contributed by atoms with Gasteiger partial charge in [0, 0.05) is 0 Å². The lowest BCUT2D eigenvalue weighted by Crippen LogP contribution is -2.43. The molecule has 20 heavy (non-hydrogen) atoms. The predicted octanol–water partition coefficient (Wildman–Crippen LogP) is 3.14. The maximum Gasteiger partial charge on any atom is 0.337 e. The van der Waals surface area contributed by atoms with Gasteiger partial charge in [-0.05, 0) is 43.9 Å². The number of carbonyl (C=O) groups is 2. The molecule has 0 bridgehead atoms. The van der Waals surface area contributed by atoms with Crippen LogP contribution in [-0.2, 0) is 4.74 Å². The molecule has 1 aliphatic carbocycles. The number of ketones is 1. The number of fused-ring (bicyclic) bond motifs is 1. The molecule has 1 saturated carbocycles. The smallest absolute Gasteiger partial charge is 0.337 e. The normalized spacial score (nSPS) is 20.1. The molecule has 1 aromatic carbocycles. The second-order valence-corrected chi connectivity index (χ2v) is 5.65. The van der Waals surface area contributed by atoms with E-state index in [9.17, 15) is 9.59 Å². The van der Waals surface area contributed by atoms with Crippen molar-refractivity contribution >= 4 is 11.8 Å². The van der Waals surface area contributed by atoms with Gasteiger partial charge in [0.2, 0.25) is 0 Å². The molecule has 3 rings (SSSR count). The highest BCUT2D eigenvalue weighted by Gasteiger charge is 2.41. The predicted molar refractivity (Wildman–Crippen MR) is 73.2 cm³/mol. The largest absolute Gasteiger partial charge is 0.486 e. The van der Waals surface area contributed by atoms with Gasteiger partial charge in [-0.1, -0.05) is 6.42 Å². The van der Waals surface area contributed by atoms with Gasteiger partial charge in [-0.2, -0.15) is 0 Å². The summed E-state index contributed by atoms with van der Waals surface area (Å²) in [4.78, 5) is 23.9. The van der Waals surface area contributed by atoms with Crippen LogP contribution in [0.3, 0.4) is 0 Å². The van der Waals surface area contributed by atoms with E-state index < -0.39 is 5.97 Å². The fourth-order valence-electron chi connectivity index (χ4n) is 3.21. The lowest BCUT2D eigenvalue weighted by atomic mass is 9.78. The van der Waals surface area contributed by atoms with Crippen LogP contribution < -0.4 is 4.74 Å². The molecule has 106 valence electrons. The first-order chi connectivity index (χ1) is 9.63. The van der Waals surface area contributed by atoms with Crippen molar-refractivity contribution in [2.24, 2.45) is 0 Å². The van der Waals surface area contributed by atoms with Crippen molar-refractivity contribution in [3.63, 3.8) is 0 Å². The first-order valence-electron chi connectivity index (χ1n) is 7.08. The number of Topliss-reactive ketones (excluding diaryl/α,β-unsaturated/α-hetero) is 1. The Balaban J connectivity index is 1.96. The second-order valence-electron chi connectivity index (χ2n) is 5.65. The topological polar surface area (TPSA) is 52.6 Å². The van der Waals surface area contributed by atoms with Crippen molar-refractivity contribution in [1.82, 2.24) is 0 Å². The van der Waals surface area contributed by atoms with E-state index in [0.717, 1.165) is 25.7 Å².